The highest BCUT2D eigenvalue weighted by molar-refractivity contribution is 6.22. The summed E-state index contributed by atoms with van der Waals surface area (Å²) in [5, 5.41) is 29.2. The van der Waals surface area contributed by atoms with Gasteiger partial charge in [0.1, 0.15) is 6.10 Å². The van der Waals surface area contributed by atoms with Crippen molar-refractivity contribution in [3.05, 3.63) is 30.0 Å². The summed E-state index contributed by atoms with van der Waals surface area (Å²) in [5.41, 5.74) is 0.728. The maximum absolute atomic E-state index is 12.7. The number of ether oxygens (including phenoxy) is 2. The SMILES string of the molecule is COC1CC(O)C2C(=O)C(c3ccc(O)c(O)c3)=COC2C1. The normalized spacial score (nSPS) is 31.2. The van der Waals surface area contributed by atoms with Crippen molar-refractivity contribution >= 4 is 11.4 Å². The van der Waals surface area contributed by atoms with Crippen LogP contribution in [-0.2, 0) is 14.3 Å². The Morgan fingerprint density at radius 1 is 1.23 bits per heavy atom. The number of aliphatic hydroxyl groups excluding tert-OH is 1. The van der Waals surface area contributed by atoms with Crippen LogP contribution >= 0.6 is 0 Å². The zero-order valence-corrected chi connectivity index (χ0v) is 12.1. The van der Waals surface area contributed by atoms with Crippen LogP contribution in [0.15, 0.2) is 24.5 Å². The van der Waals surface area contributed by atoms with E-state index in [1.54, 1.807) is 7.11 Å². The van der Waals surface area contributed by atoms with Crippen molar-refractivity contribution < 1.29 is 29.6 Å². The molecule has 0 spiro atoms. The van der Waals surface area contributed by atoms with Crippen molar-refractivity contribution in [2.24, 2.45) is 5.92 Å². The molecule has 1 aliphatic heterocycles. The minimum Gasteiger partial charge on any atom is -0.504 e. The predicted octanol–water partition coefficient (Wildman–Crippen LogP) is 1.19. The second-order valence-electron chi connectivity index (χ2n) is 5.70. The highest BCUT2D eigenvalue weighted by Crippen LogP contribution is 2.38. The van der Waals surface area contributed by atoms with Crippen LogP contribution in [0.4, 0.5) is 0 Å². The highest BCUT2D eigenvalue weighted by atomic mass is 16.5. The number of ketones is 1. The lowest BCUT2D eigenvalue weighted by atomic mass is 9.76. The van der Waals surface area contributed by atoms with E-state index in [0.717, 1.165) is 0 Å². The Hall–Kier alpha value is -2.05. The summed E-state index contributed by atoms with van der Waals surface area (Å²) >= 11 is 0. The zero-order chi connectivity index (χ0) is 15.9. The van der Waals surface area contributed by atoms with Crippen LogP contribution in [0.2, 0.25) is 0 Å². The van der Waals surface area contributed by atoms with Crippen molar-refractivity contribution in [1.82, 2.24) is 0 Å². The maximum atomic E-state index is 12.7. The Morgan fingerprint density at radius 3 is 2.68 bits per heavy atom. The molecule has 4 atom stereocenters. The number of rotatable bonds is 2. The number of Topliss-reactive ketones (excluding diaryl/α,β-unsaturated/α-hetero) is 1. The quantitative estimate of drug-likeness (QED) is 0.710. The molecule has 1 aromatic rings. The summed E-state index contributed by atoms with van der Waals surface area (Å²) in [5.74, 6) is -1.42. The molecule has 1 aliphatic carbocycles. The van der Waals surface area contributed by atoms with Gasteiger partial charge in [-0.15, -0.1) is 0 Å². The molecule has 0 radical (unpaired) electrons. The third-order valence-electron chi connectivity index (χ3n) is 4.36. The van der Waals surface area contributed by atoms with Gasteiger partial charge in [-0.05, 0) is 17.7 Å². The topological polar surface area (TPSA) is 96.2 Å². The van der Waals surface area contributed by atoms with Crippen LogP contribution in [0.5, 0.6) is 11.5 Å². The first-order valence-corrected chi connectivity index (χ1v) is 7.14. The van der Waals surface area contributed by atoms with E-state index in [2.05, 4.69) is 0 Å². The molecule has 2 aliphatic rings. The lowest BCUT2D eigenvalue weighted by molar-refractivity contribution is -0.139. The lowest BCUT2D eigenvalue weighted by Gasteiger charge is -2.40. The lowest BCUT2D eigenvalue weighted by Crippen LogP contribution is -2.49. The van der Waals surface area contributed by atoms with Gasteiger partial charge in [0.15, 0.2) is 17.3 Å². The molecule has 1 aromatic carbocycles. The first-order chi connectivity index (χ1) is 10.5. The van der Waals surface area contributed by atoms with Crippen LogP contribution in [-0.4, -0.2) is 46.5 Å². The smallest absolute Gasteiger partial charge is 0.175 e. The number of aromatic hydroxyl groups is 2. The molecule has 118 valence electrons. The predicted molar refractivity (Wildman–Crippen MR) is 77.2 cm³/mol. The Morgan fingerprint density at radius 2 is 2.00 bits per heavy atom. The van der Waals surface area contributed by atoms with Gasteiger partial charge in [0.05, 0.1) is 30.0 Å². The summed E-state index contributed by atoms with van der Waals surface area (Å²) in [7, 11) is 1.57. The summed E-state index contributed by atoms with van der Waals surface area (Å²) in [4.78, 5) is 12.7. The van der Waals surface area contributed by atoms with Gasteiger partial charge in [-0.2, -0.15) is 0 Å². The summed E-state index contributed by atoms with van der Waals surface area (Å²) < 4.78 is 10.9. The number of benzene rings is 1. The monoisotopic (exact) mass is 306 g/mol. The molecular formula is C16H18O6. The third kappa shape index (κ3) is 2.44. The largest absolute Gasteiger partial charge is 0.504 e. The fourth-order valence-corrected chi connectivity index (χ4v) is 3.14. The van der Waals surface area contributed by atoms with Gasteiger partial charge in [0.25, 0.3) is 0 Å². The number of aliphatic hydroxyl groups is 1. The molecule has 1 heterocycles. The molecule has 4 unspecified atom stereocenters. The van der Waals surface area contributed by atoms with E-state index in [9.17, 15) is 20.1 Å². The molecule has 0 amide bonds. The van der Waals surface area contributed by atoms with Crippen molar-refractivity contribution in [1.29, 1.82) is 0 Å². The van der Waals surface area contributed by atoms with Crippen molar-refractivity contribution in [3.63, 3.8) is 0 Å². The molecule has 3 N–H and O–H groups in total. The fraction of sp³-hybridized carbons (Fsp3) is 0.438. The molecule has 0 saturated heterocycles. The molecular weight excluding hydrogens is 288 g/mol. The van der Waals surface area contributed by atoms with Gasteiger partial charge in [-0.3, -0.25) is 4.79 Å². The molecule has 1 saturated carbocycles. The molecule has 1 fully saturated rings. The first kappa shape index (κ1) is 14.9. The van der Waals surface area contributed by atoms with Crippen molar-refractivity contribution in [2.75, 3.05) is 7.11 Å². The minimum absolute atomic E-state index is 0.128. The van der Waals surface area contributed by atoms with Gasteiger partial charge >= 0.3 is 0 Å². The maximum Gasteiger partial charge on any atom is 0.175 e. The number of allylic oxidation sites excluding steroid dienone is 1. The average Bonchev–Trinajstić information content (AvgIpc) is 2.50. The van der Waals surface area contributed by atoms with Crippen LogP contribution in [0.3, 0.4) is 0 Å². The van der Waals surface area contributed by atoms with Crippen LogP contribution in [0.25, 0.3) is 5.57 Å². The molecule has 6 nitrogen and oxygen atoms in total. The second-order valence-corrected chi connectivity index (χ2v) is 5.70. The van der Waals surface area contributed by atoms with E-state index in [1.807, 2.05) is 0 Å². The number of fused-ring (bicyclic) bond motifs is 1. The summed E-state index contributed by atoms with van der Waals surface area (Å²) in [6.07, 6.45) is 0.938. The number of hydrogen-bond acceptors (Lipinski definition) is 6. The van der Waals surface area contributed by atoms with E-state index in [1.165, 1.54) is 24.5 Å². The Bertz CT molecular complexity index is 623. The van der Waals surface area contributed by atoms with E-state index < -0.39 is 18.1 Å². The summed E-state index contributed by atoms with van der Waals surface area (Å²) in [6, 6.07) is 4.13. The van der Waals surface area contributed by atoms with Crippen LogP contribution in [0.1, 0.15) is 18.4 Å². The average molecular weight is 306 g/mol. The number of hydrogen-bond donors (Lipinski definition) is 3. The molecule has 0 bridgehead atoms. The molecule has 6 heteroatoms. The van der Waals surface area contributed by atoms with Crippen LogP contribution in [0, 0.1) is 5.92 Å². The van der Waals surface area contributed by atoms with Crippen molar-refractivity contribution in [3.8, 4) is 11.5 Å². The van der Waals surface area contributed by atoms with E-state index in [-0.39, 0.29) is 29.0 Å². The highest BCUT2D eigenvalue weighted by Gasteiger charge is 2.45. The Kier molecular flexibility index (Phi) is 3.80. The number of carbonyl (C=O) groups is 1. The molecule has 22 heavy (non-hydrogen) atoms. The van der Waals surface area contributed by atoms with Crippen molar-refractivity contribution in [2.45, 2.75) is 31.2 Å². The molecule has 3 rings (SSSR count). The van der Waals surface area contributed by atoms with Gasteiger partial charge < -0.3 is 24.8 Å². The Balaban J connectivity index is 1.91. The standard InChI is InChI=1S/C16H18O6/c1-21-9-5-13(19)15-14(6-9)22-7-10(16(15)20)8-2-3-11(17)12(18)4-8/h2-4,7,9,13-15,17-19H,5-6H2,1H3. The zero-order valence-electron chi connectivity index (χ0n) is 12.1. The Labute approximate surface area is 127 Å². The van der Waals surface area contributed by atoms with E-state index in [0.29, 0.717) is 18.4 Å². The first-order valence-electron chi connectivity index (χ1n) is 7.14. The molecule has 0 aromatic heterocycles. The number of carbonyl (C=O) groups excluding carboxylic acids is 1. The second kappa shape index (κ2) is 5.62. The van der Waals surface area contributed by atoms with Gasteiger partial charge in [-0.25, -0.2) is 0 Å². The number of phenolic OH excluding ortho intramolecular Hbond substituents is 2. The fourth-order valence-electron chi connectivity index (χ4n) is 3.14. The van der Waals surface area contributed by atoms with Gasteiger partial charge in [-0.1, -0.05) is 6.07 Å². The van der Waals surface area contributed by atoms with E-state index in [4.69, 9.17) is 9.47 Å². The third-order valence-corrected chi connectivity index (χ3v) is 4.36. The number of methoxy groups -OCH3 is 1. The van der Waals surface area contributed by atoms with Crippen LogP contribution < -0.4 is 0 Å². The van der Waals surface area contributed by atoms with Gasteiger partial charge in [0, 0.05) is 20.0 Å². The minimum atomic E-state index is -0.828. The summed E-state index contributed by atoms with van der Waals surface area (Å²) in [6.45, 7) is 0. The van der Waals surface area contributed by atoms with E-state index >= 15 is 0 Å². The number of phenols is 2. The van der Waals surface area contributed by atoms with Gasteiger partial charge in [0.2, 0.25) is 0 Å².